The molecular formula is C52H70FN5O10Si. The first-order valence-corrected chi connectivity index (χ1v) is 26.3. The van der Waals surface area contributed by atoms with E-state index in [4.69, 9.17) is 34.5 Å². The first-order chi connectivity index (χ1) is 33.2. The van der Waals surface area contributed by atoms with E-state index in [1.165, 1.54) is 17.8 Å². The number of halogens is 1. The fourth-order valence-electron chi connectivity index (χ4n) is 8.72. The number of nitrogens with zero attached hydrogens (tertiary/aromatic N) is 4. The van der Waals surface area contributed by atoms with Gasteiger partial charge in [-0.3, -0.25) is 24.3 Å². The third-order valence-electron chi connectivity index (χ3n) is 12.3. The van der Waals surface area contributed by atoms with Gasteiger partial charge in [0.1, 0.15) is 25.5 Å². The van der Waals surface area contributed by atoms with Crippen molar-refractivity contribution in [2.24, 2.45) is 0 Å². The van der Waals surface area contributed by atoms with Gasteiger partial charge in [0.15, 0.2) is 28.7 Å². The van der Waals surface area contributed by atoms with E-state index in [0.29, 0.717) is 12.8 Å². The van der Waals surface area contributed by atoms with Crippen molar-refractivity contribution >= 4 is 59.7 Å². The summed E-state index contributed by atoms with van der Waals surface area (Å²) in [5.41, 5.74) is -1.73. The average Bonchev–Trinajstić information content (AvgIpc) is 3.91. The van der Waals surface area contributed by atoms with Gasteiger partial charge in [-0.2, -0.15) is 14.4 Å². The zero-order valence-electron chi connectivity index (χ0n) is 41.1. The molecule has 5 rings (SSSR count). The monoisotopic (exact) mass is 971 g/mol. The highest BCUT2D eigenvalue weighted by Gasteiger charge is 2.56. The molecule has 1 aliphatic rings. The van der Waals surface area contributed by atoms with Crippen LogP contribution in [0.5, 0.6) is 0 Å². The predicted molar refractivity (Wildman–Crippen MR) is 263 cm³/mol. The lowest BCUT2D eigenvalue weighted by Gasteiger charge is -2.44. The number of rotatable bonds is 27. The van der Waals surface area contributed by atoms with E-state index in [0.717, 1.165) is 74.6 Å². The Morgan fingerprint density at radius 2 is 1.39 bits per heavy atom. The lowest BCUT2D eigenvalue weighted by atomic mass is 9.98. The highest BCUT2D eigenvalue weighted by Crippen LogP contribution is 2.43. The van der Waals surface area contributed by atoms with Gasteiger partial charge < -0.3 is 28.1 Å². The summed E-state index contributed by atoms with van der Waals surface area (Å²) in [5, 5.41) is 4.01. The second-order valence-corrected chi connectivity index (χ2v) is 22.9. The summed E-state index contributed by atoms with van der Waals surface area (Å²) >= 11 is 0. The molecule has 2 aromatic heterocycles. The Hall–Kier alpha value is -5.70. The van der Waals surface area contributed by atoms with Crippen LogP contribution in [0, 0.1) is 18.4 Å². The number of hydrogen-bond donors (Lipinski definition) is 1. The first-order valence-electron chi connectivity index (χ1n) is 24.4. The second-order valence-electron chi connectivity index (χ2n) is 18.6. The van der Waals surface area contributed by atoms with E-state index >= 15 is 4.39 Å². The maximum Gasteiger partial charge on any atom is 0.413 e. The third-order valence-corrected chi connectivity index (χ3v) is 17.3. The van der Waals surface area contributed by atoms with E-state index < -0.39 is 67.5 Å². The Morgan fingerprint density at radius 3 is 1.90 bits per heavy atom. The van der Waals surface area contributed by atoms with E-state index in [2.05, 4.69) is 60.8 Å². The maximum absolute atomic E-state index is 15.4. The van der Waals surface area contributed by atoms with Gasteiger partial charge in [-0.05, 0) is 28.3 Å². The van der Waals surface area contributed by atoms with E-state index in [1.54, 1.807) is 0 Å². The topological polar surface area (TPSA) is 179 Å². The summed E-state index contributed by atoms with van der Waals surface area (Å²) in [6, 6.07) is 19.9. The van der Waals surface area contributed by atoms with Crippen LogP contribution in [0.4, 0.5) is 15.0 Å². The van der Waals surface area contributed by atoms with Crippen LogP contribution in [-0.2, 0) is 42.5 Å². The Kier molecular flexibility index (Phi) is 20.7. The number of anilines is 1. The SMILES string of the molecule is C#C[C@]1(CO[Si](c2ccccc2)(c2ccccc2)C(C)(C)C)O[C@@H](n2cnc3c(NC(=O)OC(COC(=O)CCCCCCCC)COC(=O)CCCCCCCC)nc(F)nc32)C[C@@H]1OC(C)=O. The number of carbonyl (C=O) groups is 4. The minimum Gasteiger partial charge on any atom is -0.462 e. The molecule has 1 aliphatic heterocycles. The molecule has 17 heteroatoms. The van der Waals surface area contributed by atoms with Gasteiger partial charge in [-0.1, -0.05) is 165 Å². The molecule has 1 amide bonds. The smallest absolute Gasteiger partial charge is 0.413 e. The number of ether oxygens (including phenoxy) is 5. The third kappa shape index (κ3) is 14.9. The normalized spacial score (nSPS) is 17.1. The van der Waals surface area contributed by atoms with Crippen molar-refractivity contribution in [2.75, 3.05) is 25.1 Å². The quantitative estimate of drug-likeness (QED) is 0.0149. The molecule has 0 bridgehead atoms. The lowest BCUT2D eigenvalue weighted by molar-refractivity contribution is -0.156. The minimum absolute atomic E-state index is 0.00656. The molecule has 4 aromatic rings. The molecule has 0 saturated carbocycles. The molecule has 3 atom stereocenters. The number of imidazole rings is 1. The summed E-state index contributed by atoms with van der Waals surface area (Å²) in [7, 11) is -3.18. The largest absolute Gasteiger partial charge is 0.462 e. The number of carbonyl (C=O) groups excluding carboxylic acids is 4. The molecule has 15 nitrogen and oxygen atoms in total. The summed E-state index contributed by atoms with van der Waals surface area (Å²) in [4.78, 5) is 63.6. The number of unbranched alkanes of at least 4 members (excludes halogenated alkanes) is 10. The minimum atomic E-state index is -3.18. The van der Waals surface area contributed by atoms with Crippen LogP contribution < -0.4 is 15.7 Å². The number of hydrogen-bond acceptors (Lipinski definition) is 13. The predicted octanol–water partition coefficient (Wildman–Crippen LogP) is 9.27. The molecule has 374 valence electrons. The molecule has 2 aromatic carbocycles. The molecule has 3 heterocycles. The highest BCUT2D eigenvalue weighted by molar-refractivity contribution is 6.99. The van der Waals surface area contributed by atoms with Gasteiger partial charge in [-0.25, -0.2) is 9.78 Å². The van der Waals surface area contributed by atoms with Crippen molar-refractivity contribution < 1.29 is 51.7 Å². The number of benzene rings is 2. The van der Waals surface area contributed by atoms with Crippen molar-refractivity contribution in [2.45, 2.75) is 167 Å². The summed E-state index contributed by atoms with van der Waals surface area (Å²) in [5.74, 6) is 0.874. The maximum atomic E-state index is 15.4. The summed E-state index contributed by atoms with van der Waals surface area (Å²) in [6.07, 6.45) is 14.3. The molecular weight excluding hydrogens is 902 g/mol. The first kappa shape index (κ1) is 54.2. The van der Waals surface area contributed by atoms with Crippen LogP contribution in [0.2, 0.25) is 5.04 Å². The molecule has 1 saturated heterocycles. The molecule has 1 fully saturated rings. The van der Waals surface area contributed by atoms with Gasteiger partial charge in [-0.15, -0.1) is 6.42 Å². The van der Waals surface area contributed by atoms with Crippen molar-refractivity contribution in [1.82, 2.24) is 19.5 Å². The Morgan fingerprint density at radius 1 is 0.855 bits per heavy atom. The van der Waals surface area contributed by atoms with Gasteiger partial charge in [0.05, 0.1) is 12.9 Å². The standard InChI is InChI=1S/C52H70FN5O10Si/c1-8-11-13-15-17-25-31-44(60)63-34-39(35-64-45(61)32-26-18-16-14-12-9-2)67-50(62)56-47-46-48(57-49(53)55-47)58(37-54-46)43-33-42(66-38(4)59)52(10-3,68-43)36-65-69(51(5,6)7,40-27-21-19-22-28-40)41-29-23-20-24-30-41/h3,19-24,27-30,37,39,42-43H,8-9,11-18,25-26,31-36H2,1-2,4-7H3,(H,55,56,57,62)/t42-,43+,52+/m0/s1. The highest BCUT2D eigenvalue weighted by atomic mass is 28.4. The Bertz CT molecular complexity index is 2250. The zero-order valence-corrected chi connectivity index (χ0v) is 42.1. The van der Waals surface area contributed by atoms with Crippen molar-refractivity contribution in [3.8, 4) is 12.3 Å². The number of amides is 1. The van der Waals surface area contributed by atoms with Crippen LogP contribution in [-0.4, -0.2) is 89.5 Å². The lowest BCUT2D eigenvalue weighted by Crippen LogP contribution is -2.68. The van der Waals surface area contributed by atoms with Gasteiger partial charge in [0, 0.05) is 26.2 Å². The van der Waals surface area contributed by atoms with Gasteiger partial charge >= 0.3 is 30.1 Å². The fourth-order valence-corrected chi connectivity index (χ4v) is 13.3. The van der Waals surface area contributed by atoms with Gasteiger partial charge in [0.2, 0.25) is 0 Å². The number of nitrogens with one attached hydrogen (secondary N) is 1. The molecule has 0 unspecified atom stereocenters. The van der Waals surface area contributed by atoms with Crippen LogP contribution in [0.25, 0.3) is 11.2 Å². The molecule has 0 spiro atoms. The van der Waals surface area contributed by atoms with Crippen LogP contribution in [0.3, 0.4) is 0 Å². The Balaban J connectivity index is 1.34. The molecule has 0 radical (unpaired) electrons. The van der Waals surface area contributed by atoms with E-state index in [-0.39, 0.29) is 56.1 Å². The van der Waals surface area contributed by atoms with Crippen LogP contribution >= 0.6 is 0 Å². The summed E-state index contributed by atoms with van der Waals surface area (Å²) < 4.78 is 53.0. The number of fused-ring (bicyclic) bond motifs is 1. The summed E-state index contributed by atoms with van der Waals surface area (Å²) in [6.45, 7) is 11.0. The average molecular weight is 972 g/mol. The second kappa shape index (κ2) is 26.3. The van der Waals surface area contributed by atoms with E-state index in [9.17, 15) is 19.2 Å². The molecule has 1 N–H and O–H groups in total. The van der Waals surface area contributed by atoms with Crippen LogP contribution in [0.1, 0.15) is 144 Å². The van der Waals surface area contributed by atoms with Gasteiger partial charge in [0.25, 0.3) is 8.32 Å². The van der Waals surface area contributed by atoms with Crippen molar-refractivity contribution in [3.05, 3.63) is 73.1 Å². The number of terminal acetylenes is 1. The molecule has 0 aliphatic carbocycles. The number of aromatic nitrogens is 4. The number of esters is 3. The zero-order chi connectivity index (χ0) is 49.9. The van der Waals surface area contributed by atoms with Crippen LogP contribution in [0.15, 0.2) is 67.0 Å². The Labute approximate surface area is 407 Å². The molecule has 69 heavy (non-hydrogen) atoms. The fraction of sp³-hybridized carbons (Fsp3) is 0.558. The van der Waals surface area contributed by atoms with Crippen molar-refractivity contribution in [3.63, 3.8) is 0 Å². The van der Waals surface area contributed by atoms with Crippen molar-refractivity contribution in [1.29, 1.82) is 0 Å². The van der Waals surface area contributed by atoms with E-state index in [1.807, 2.05) is 60.7 Å².